The molecule has 46 heavy (non-hydrogen) atoms. The van der Waals surface area contributed by atoms with Gasteiger partial charge in [-0.3, -0.25) is 4.99 Å². The van der Waals surface area contributed by atoms with Crippen molar-refractivity contribution in [3.63, 3.8) is 0 Å². The lowest BCUT2D eigenvalue weighted by atomic mass is 9.76. The minimum absolute atomic E-state index is 0.347. The summed E-state index contributed by atoms with van der Waals surface area (Å²) in [5, 5.41) is 0. The summed E-state index contributed by atoms with van der Waals surface area (Å²) in [7, 11) is 0. The Bertz CT molecular complexity index is 1760. The molecule has 0 fully saturated rings. The van der Waals surface area contributed by atoms with E-state index in [4.69, 9.17) is 14.5 Å². The molecule has 0 bridgehead atoms. The number of benzene rings is 5. The van der Waals surface area contributed by atoms with Crippen LogP contribution in [0.25, 0.3) is 0 Å². The maximum Gasteiger partial charge on any atom is 0.175 e. The molecule has 5 heteroatoms. The van der Waals surface area contributed by atoms with Crippen LogP contribution in [0.3, 0.4) is 0 Å². The summed E-state index contributed by atoms with van der Waals surface area (Å²) in [5.41, 5.74) is 11.2. The number of halogens is 1. The Balaban J connectivity index is 1.25. The van der Waals surface area contributed by atoms with E-state index in [1.165, 1.54) is 33.5 Å². The van der Waals surface area contributed by atoms with Gasteiger partial charge in [0.1, 0.15) is 6.61 Å². The quantitative estimate of drug-likeness (QED) is 0.146. The molecule has 0 radical (unpaired) electrons. The van der Waals surface area contributed by atoms with Gasteiger partial charge in [-0.05, 0) is 100 Å². The summed E-state index contributed by atoms with van der Waals surface area (Å²) in [6, 6.07) is 39.1. The predicted molar refractivity (Wildman–Crippen MR) is 193 cm³/mol. The van der Waals surface area contributed by atoms with Crippen LogP contribution in [0.1, 0.15) is 70.5 Å². The molecule has 0 saturated carbocycles. The summed E-state index contributed by atoms with van der Waals surface area (Å²) in [6.45, 7) is 7.25. The lowest BCUT2D eigenvalue weighted by Crippen LogP contribution is -2.37. The van der Waals surface area contributed by atoms with Crippen molar-refractivity contribution < 1.29 is 9.47 Å². The van der Waals surface area contributed by atoms with Crippen LogP contribution >= 0.6 is 15.9 Å². The van der Waals surface area contributed by atoms with Crippen molar-refractivity contribution in [2.75, 3.05) is 24.6 Å². The van der Waals surface area contributed by atoms with Gasteiger partial charge in [-0.1, -0.05) is 90.5 Å². The largest absolute Gasteiger partial charge is 0.490 e. The van der Waals surface area contributed by atoms with Gasteiger partial charge in [-0.15, -0.1) is 0 Å². The normalized spacial score (nSPS) is 17.2. The number of aliphatic imine (C=N–C) groups is 1. The summed E-state index contributed by atoms with van der Waals surface area (Å²) in [6.07, 6.45) is 4.16. The van der Waals surface area contributed by atoms with Gasteiger partial charge in [0.15, 0.2) is 11.5 Å². The Kier molecular flexibility index (Phi) is 8.94. The van der Waals surface area contributed by atoms with Crippen molar-refractivity contribution in [2.24, 2.45) is 4.99 Å². The molecule has 232 valence electrons. The van der Waals surface area contributed by atoms with Crippen LogP contribution in [-0.2, 0) is 6.61 Å². The standard InChI is InChI=1S/C41H39BrN2O2/c1-3-45-39-23-30(22-38(42)41(39)46-27-29-16-14-28(2)15-17-29)26-43-33-24-36-34(31-10-6-4-7-11-31)18-20-44-21-19-35(37(25-33)40(36)44)32-12-8-5-9-13-32/h4-17,22-26,34-35H,3,18-21,27H2,1-2H3/t34-,35-/m0/s1. The van der Waals surface area contributed by atoms with E-state index < -0.39 is 0 Å². The fourth-order valence-electron chi connectivity index (χ4n) is 6.97. The number of anilines is 1. The first-order valence-electron chi connectivity index (χ1n) is 16.3. The Hall–Kier alpha value is -4.35. The molecular weight excluding hydrogens is 632 g/mol. The van der Waals surface area contributed by atoms with Gasteiger partial charge >= 0.3 is 0 Å². The van der Waals surface area contributed by atoms with Crippen LogP contribution in [0.2, 0.25) is 0 Å². The first-order chi connectivity index (χ1) is 22.6. The molecular formula is C41H39BrN2O2. The van der Waals surface area contributed by atoms with Crippen LogP contribution in [0.5, 0.6) is 11.5 Å². The molecule has 7 rings (SSSR count). The van der Waals surface area contributed by atoms with E-state index in [1.807, 2.05) is 19.2 Å². The first-order valence-corrected chi connectivity index (χ1v) is 17.1. The molecule has 0 aromatic heterocycles. The van der Waals surface area contributed by atoms with Crippen molar-refractivity contribution in [2.45, 2.75) is 45.1 Å². The highest BCUT2D eigenvalue weighted by atomic mass is 79.9. The van der Waals surface area contributed by atoms with Crippen LogP contribution in [0, 0.1) is 6.92 Å². The average molecular weight is 672 g/mol. The van der Waals surface area contributed by atoms with Crippen molar-refractivity contribution >= 4 is 33.5 Å². The molecule has 2 aliphatic heterocycles. The van der Waals surface area contributed by atoms with Gasteiger partial charge in [0, 0.05) is 36.8 Å². The van der Waals surface area contributed by atoms with Crippen LogP contribution in [0.15, 0.2) is 119 Å². The molecule has 5 aromatic carbocycles. The molecule has 2 atom stereocenters. The maximum atomic E-state index is 6.26. The zero-order valence-corrected chi connectivity index (χ0v) is 28.0. The van der Waals surface area contributed by atoms with Crippen molar-refractivity contribution in [1.29, 1.82) is 0 Å². The summed E-state index contributed by atoms with van der Waals surface area (Å²) in [5.74, 6) is 2.10. The van der Waals surface area contributed by atoms with Crippen molar-refractivity contribution in [3.8, 4) is 11.5 Å². The third kappa shape index (κ3) is 6.34. The Morgan fingerprint density at radius 2 is 1.39 bits per heavy atom. The summed E-state index contributed by atoms with van der Waals surface area (Å²) < 4.78 is 13.2. The zero-order valence-electron chi connectivity index (χ0n) is 26.5. The molecule has 2 aliphatic rings. The second-order valence-corrected chi connectivity index (χ2v) is 13.1. The highest BCUT2D eigenvalue weighted by Gasteiger charge is 2.35. The monoisotopic (exact) mass is 670 g/mol. The Morgan fingerprint density at radius 3 is 1.98 bits per heavy atom. The molecule has 2 heterocycles. The Morgan fingerprint density at radius 1 is 0.783 bits per heavy atom. The van der Waals surface area contributed by atoms with Crippen molar-refractivity contribution in [3.05, 3.63) is 153 Å². The molecule has 0 saturated heterocycles. The number of nitrogens with zero attached hydrogens (tertiary/aromatic N) is 2. The highest BCUT2D eigenvalue weighted by Crippen LogP contribution is 2.50. The third-order valence-electron chi connectivity index (χ3n) is 9.20. The lowest BCUT2D eigenvalue weighted by Gasteiger charge is -2.43. The van der Waals surface area contributed by atoms with E-state index in [0.29, 0.717) is 36.5 Å². The molecule has 0 aliphatic carbocycles. The van der Waals surface area contributed by atoms with Gasteiger partial charge in [-0.2, -0.15) is 0 Å². The van der Waals surface area contributed by atoms with E-state index in [9.17, 15) is 0 Å². The van der Waals surface area contributed by atoms with Gasteiger partial charge in [-0.25, -0.2) is 0 Å². The van der Waals surface area contributed by atoms with Crippen molar-refractivity contribution in [1.82, 2.24) is 0 Å². The zero-order chi connectivity index (χ0) is 31.5. The number of hydrogen-bond donors (Lipinski definition) is 0. The van der Waals surface area contributed by atoms with Crippen LogP contribution < -0.4 is 14.4 Å². The SMILES string of the molecule is CCOc1cc(C=Nc2cc3c4c(c2)[C@H](c2ccccc2)CCN4CC[C@H]3c2ccccc2)cc(Br)c1OCc1ccc(C)cc1. The summed E-state index contributed by atoms with van der Waals surface area (Å²) >= 11 is 3.76. The topological polar surface area (TPSA) is 34.1 Å². The Labute approximate surface area is 280 Å². The molecule has 5 aromatic rings. The number of aryl methyl sites for hydroxylation is 1. The highest BCUT2D eigenvalue weighted by molar-refractivity contribution is 9.10. The molecule has 0 spiro atoms. The predicted octanol–water partition coefficient (Wildman–Crippen LogP) is 10.4. The molecule has 0 N–H and O–H groups in total. The van der Waals surface area contributed by atoms with E-state index in [2.05, 4.69) is 131 Å². The van der Waals surface area contributed by atoms with E-state index in [0.717, 1.165) is 47.2 Å². The van der Waals surface area contributed by atoms with Gasteiger partial charge in [0.2, 0.25) is 0 Å². The van der Waals surface area contributed by atoms with E-state index in [-0.39, 0.29) is 0 Å². The van der Waals surface area contributed by atoms with Crippen LogP contribution in [-0.4, -0.2) is 25.9 Å². The third-order valence-corrected chi connectivity index (χ3v) is 9.79. The van der Waals surface area contributed by atoms with Crippen LogP contribution in [0.4, 0.5) is 11.4 Å². The lowest BCUT2D eigenvalue weighted by molar-refractivity contribution is 0.267. The molecule has 4 nitrogen and oxygen atoms in total. The fraction of sp³-hybridized carbons (Fsp3) is 0.244. The number of ether oxygens (including phenoxy) is 2. The van der Waals surface area contributed by atoms with Gasteiger partial charge in [0.25, 0.3) is 0 Å². The smallest absolute Gasteiger partial charge is 0.175 e. The minimum atomic E-state index is 0.347. The first kappa shape index (κ1) is 30.3. The fourth-order valence-corrected chi connectivity index (χ4v) is 7.54. The van der Waals surface area contributed by atoms with E-state index >= 15 is 0 Å². The van der Waals surface area contributed by atoms with Gasteiger partial charge < -0.3 is 14.4 Å². The molecule has 0 unspecified atom stereocenters. The minimum Gasteiger partial charge on any atom is -0.490 e. The summed E-state index contributed by atoms with van der Waals surface area (Å²) in [4.78, 5) is 7.72. The number of hydrogen-bond acceptors (Lipinski definition) is 4. The number of rotatable bonds is 9. The second-order valence-electron chi connectivity index (χ2n) is 12.3. The molecule has 0 amide bonds. The van der Waals surface area contributed by atoms with E-state index in [1.54, 1.807) is 0 Å². The van der Waals surface area contributed by atoms with Gasteiger partial charge in [0.05, 0.1) is 16.8 Å². The second kappa shape index (κ2) is 13.6. The average Bonchev–Trinajstić information content (AvgIpc) is 3.09. The maximum absolute atomic E-state index is 6.26.